The molecule has 17 heavy (non-hydrogen) atoms. The van der Waals surface area contributed by atoms with E-state index in [-0.39, 0.29) is 12.0 Å². The van der Waals surface area contributed by atoms with Gasteiger partial charge in [-0.25, -0.2) is 4.79 Å². The Morgan fingerprint density at radius 3 is 2.18 bits per heavy atom. The van der Waals surface area contributed by atoms with Crippen molar-refractivity contribution in [1.82, 2.24) is 4.90 Å². The van der Waals surface area contributed by atoms with E-state index in [0.29, 0.717) is 13.1 Å². The molecule has 1 aliphatic rings. The molecule has 0 aromatic heterocycles. The van der Waals surface area contributed by atoms with Gasteiger partial charge in [-0.3, -0.25) is 0 Å². The zero-order valence-corrected chi connectivity index (χ0v) is 11.6. The highest BCUT2D eigenvalue weighted by Gasteiger charge is 2.48. The molecule has 1 saturated heterocycles. The molecule has 4 heteroatoms. The third kappa shape index (κ3) is 3.35. The first kappa shape index (κ1) is 14.3. The fourth-order valence-electron chi connectivity index (χ4n) is 2.38. The van der Waals surface area contributed by atoms with Gasteiger partial charge in [-0.1, -0.05) is 26.7 Å². The number of aliphatic hydroxyl groups is 1. The first-order valence-electron chi connectivity index (χ1n) is 6.42. The molecule has 1 N–H and O–H groups in total. The summed E-state index contributed by atoms with van der Waals surface area (Å²) in [7, 11) is 0. The van der Waals surface area contributed by atoms with Crippen molar-refractivity contribution >= 4 is 6.09 Å². The van der Waals surface area contributed by atoms with Crippen LogP contribution in [-0.4, -0.2) is 40.4 Å². The van der Waals surface area contributed by atoms with Gasteiger partial charge in [-0.15, -0.1) is 0 Å². The minimum absolute atomic E-state index is 0.265. The van der Waals surface area contributed by atoms with Crippen molar-refractivity contribution in [2.45, 2.75) is 58.7 Å². The van der Waals surface area contributed by atoms with E-state index in [0.717, 1.165) is 12.8 Å². The van der Waals surface area contributed by atoms with Crippen molar-refractivity contribution in [1.29, 1.82) is 0 Å². The van der Waals surface area contributed by atoms with E-state index in [1.165, 1.54) is 0 Å². The monoisotopic (exact) mass is 243 g/mol. The van der Waals surface area contributed by atoms with E-state index in [2.05, 4.69) is 13.8 Å². The second-order valence-electron chi connectivity index (χ2n) is 5.95. The van der Waals surface area contributed by atoms with E-state index in [1.807, 2.05) is 20.8 Å². The van der Waals surface area contributed by atoms with Crippen LogP contribution in [0.1, 0.15) is 47.5 Å². The Kier molecular flexibility index (Phi) is 4.07. The number of likely N-dealkylation sites (tertiary alicyclic amines) is 1. The highest BCUT2D eigenvalue weighted by molar-refractivity contribution is 5.69. The predicted molar refractivity (Wildman–Crippen MR) is 66.8 cm³/mol. The third-order valence-corrected chi connectivity index (χ3v) is 3.33. The van der Waals surface area contributed by atoms with E-state index in [4.69, 9.17) is 4.74 Å². The molecule has 1 rings (SSSR count). The van der Waals surface area contributed by atoms with Crippen LogP contribution < -0.4 is 0 Å². The molecule has 0 saturated carbocycles. The van der Waals surface area contributed by atoms with Gasteiger partial charge in [-0.2, -0.15) is 0 Å². The lowest BCUT2D eigenvalue weighted by atomic mass is 9.78. The minimum atomic E-state index is -0.708. The molecule has 100 valence electrons. The Bertz CT molecular complexity index is 273. The Hall–Kier alpha value is -0.770. The van der Waals surface area contributed by atoms with Gasteiger partial charge in [0.05, 0.1) is 13.1 Å². The molecule has 0 spiro atoms. The van der Waals surface area contributed by atoms with Crippen molar-refractivity contribution in [3.05, 3.63) is 0 Å². The number of hydrogen-bond acceptors (Lipinski definition) is 3. The normalized spacial score (nSPS) is 19.1. The maximum atomic E-state index is 11.7. The van der Waals surface area contributed by atoms with Crippen molar-refractivity contribution in [2.24, 2.45) is 5.92 Å². The molecule has 0 radical (unpaired) electrons. The highest BCUT2D eigenvalue weighted by Crippen LogP contribution is 2.33. The van der Waals surface area contributed by atoms with Crippen LogP contribution in [0.15, 0.2) is 0 Å². The summed E-state index contributed by atoms with van der Waals surface area (Å²) in [5.74, 6) is 0.265. The highest BCUT2D eigenvalue weighted by atomic mass is 16.6. The van der Waals surface area contributed by atoms with Gasteiger partial charge in [0.2, 0.25) is 0 Å². The molecule has 0 aromatic rings. The maximum absolute atomic E-state index is 11.7. The summed E-state index contributed by atoms with van der Waals surface area (Å²) in [5.41, 5.74) is -1.18. The van der Waals surface area contributed by atoms with Crippen LogP contribution in [0.3, 0.4) is 0 Å². The number of carbonyl (C=O) groups is 1. The van der Waals surface area contributed by atoms with Gasteiger partial charge >= 0.3 is 6.09 Å². The zero-order valence-electron chi connectivity index (χ0n) is 11.6. The Labute approximate surface area is 104 Å². The molecule has 0 aliphatic carbocycles. The van der Waals surface area contributed by atoms with Gasteiger partial charge in [0.1, 0.15) is 11.2 Å². The summed E-state index contributed by atoms with van der Waals surface area (Å²) in [6.07, 6.45) is 1.55. The second kappa shape index (κ2) is 4.84. The SMILES string of the molecule is CCC(CC)C1(O)CN(C(=O)OC(C)(C)C)C1. The molecular weight excluding hydrogens is 218 g/mol. The number of amides is 1. The van der Waals surface area contributed by atoms with Crippen LogP contribution >= 0.6 is 0 Å². The lowest BCUT2D eigenvalue weighted by Crippen LogP contribution is -2.67. The van der Waals surface area contributed by atoms with Crippen molar-refractivity contribution in [3.63, 3.8) is 0 Å². The smallest absolute Gasteiger partial charge is 0.410 e. The quantitative estimate of drug-likeness (QED) is 0.828. The van der Waals surface area contributed by atoms with Crippen molar-refractivity contribution in [2.75, 3.05) is 13.1 Å². The molecule has 1 heterocycles. The van der Waals surface area contributed by atoms with Gasteiger partial charge in [0, 0.05) is 0 Å². The largest absolute Gasteiger partial charge is 0.444 e. The number of ether oxygens (including phenoxy) is 1. The molecule has 0 unspecified atom stereocenters. The summed E-state index contributed by atoms with van der Waals surface area (Å²) in [6, 6.07) is 0. The van der Waals surface area contributed by atoms with Crippen LogP contribution in [-0.2, 0) is 4.74 Å². The summed E-state index contributed by atoms with van der Waals surface area (Å²) in [6.45, 7) is 10.5. The average Bonchev–Trinajstić information content (AvgIpc) is 2.12. The van der Waals surface area contributed by atoms with E-state index < -0.39 is 11.2 Å². The number of rotatable bonds is 3. The maximum Gasteiger partial charge on any atom is 0.410 e. The van der Waals surface area contributed by atoms with Crippen LogP contribution in [0.25, 0.3) is 0 Å². The minimum Gasteiger partial charge on any atom is -0.444 e. The van der Waals surface area contributed by atoms with Gasteiger partial charge in [0.15, 0.2) is 0 Å². The molecule has 1 aliphatic heterocycles. The van der Waals surface area contributed by atoms with E-state index in [9.17, 15) is 9.90 Å². The van der Waals surface area contributed by atoms with Gasteiger partial charge in [0.25, 0.3) is 0 Å². The van der Waals surface area contributed by atoms with Crippen molar-refractivity contribution in [3.8, 4) is 0 Å². The average molecular weight is 243 g/mol. The Balaban J connectivity index is 2.48. The molecule has 4 nitrogen and oxygen atoms in total. The number of nitrogens with zero attached hydrogens (tertiary/aromatic N) is 1. The Morgan fingerprint density at radius 1 is 1.35 bits per heavy atom. The van der Waals surface area contributed by atoms with E-state index in [1.54, 1.807) is 4.90 Å². The summed E-state index contributed by atoms with van der Waals surface area (Å²) in [5, 5.41) is 10.3. The number of carbonyl (C=O) groups excluding carboxylic acids is 1. The van der Waals surface area contributed by atoms with Gasteiger partial charge < -0.3 is 14.7 Å². The zero-order chi connectivity index (χ0) is 13.3. The summed E-state index contributed by atoms with van der Waals surface area (Å²) < 4.78 is 5.26. The standard InChI is InChI=1S/C13H25NO3/c1-6-10(7-2)13(16)8-14(9-13)11(15)17-12(3,4)5/h10,16H,6-9H2,1-5H3. The third-order valence-electron chi connectivity index (χ3n) is 3.33. The molecule has 0 aromatic carbocycles. The second-order valence-corrected chi connectivity index (χ2v) is 5.95. The molecule has 0 atom stereocenters. The number of β-amino-alcohol motifs (C(OH)–C–C–N with tert-alkyl or cyclic N) is 1. The fourth-order valence-corrected chi connectivity index (χ4v) is 2.38. The van der Waals surface area contributed by atoms with Crippen LogP contribution in [0, 0.1) is 5.92 Å². The van der Waals surface area contributed by atoms with Crippen LogP contribution in [0.2, 0.25) is 0 Å². The number of hydrogen-bond donors (Lipinski definition) is 1. The van der Waals surface area contributed by atoms with Crippen LogP contribution in [0.5, 0.6) is 0 Å². The lowest BCUT2D eigenvalue weighted by Gasteiger charge is -2.50. The lowest BCUT2D eigenvalue weighted by molar-refractivity contribution is -0.133. The molecule has 1 amide bonds. The van der Waals surface area contributed by atoms with Crippen molar-refractivity contribution < 1.29 is 14.6 Å². The fraction of sp³-hybridized carbons (Fsp3) is 0.923. The van der Waals surface area contributed by atoms with E-state index >= 15 is 0 Å². The Morgan fingerprint density at radius 2 is 1.82 bits per heavy atom. The van der Waals surface area contributed by atoms with Gasteiger partial charge in [-0.05, 0) is 26.7 Å². The first-order chi connectivity index (χ1) is 7.72. The predicted octanol–water partition coefficient (Wildman–Crippen LogP) is 2.40. The molecule has 1 fully saturated rings. The first-order valence-corrected chi connectivity index (χ1v) is 6.42. The summed E-state index contributed by atoms with van der Waals surface area (Å²) in [4.78, 5) is 13.3. The topological polar surface area (TPSA) is 49.8 Å². The van der Waals surface area contributed by atoms with Crippen LogP contribution in [0.4, 0.5) is 4.79 Å². The summed E-state index contributed by atoms with van der Waals surface area (Å²) >= 11 is 0. The molecular formula is C13H25NO3. The molecule has 0 bridgehead atoms.